The number of nitrogens with zero attached hydrogens (tertiary/aromatic N) is 3. The van der Waals surface area contributed by atoms with Crippen molar-refractivity contribution >= 4 is 5.91 Å². The summed E-state index contributed by atoms with van der Waals surface area (Å²) in [5, 5.41) is 0. The van der Waals surface area contributed by atoms with Crippen molar-refractivity contribution in [3.05, 3.63) is 53.9 Å². The van der Waals surface area contributed by atoms with Crippen molar-refractivity contribution in [2.45, 2.75) is 50.5 Å². The lowest BCUT2D eigenvalue weighted by molar-refractivity contribution is -0.143. The van der Waals surface area contributed by atoms with Gasteiger partial charge < -0.3 is 14.4 Å². The van der Waals surface area contributed by atoms with Gasteiger partial charge in [-0.15, -0.1) is 0 Å². The molecule has 29 heavy (non-hydrogen) atoms. The largest absolute Gasteiger partial charge is 0.460 e. The van der Waals surface area contributed by atoms with Crippen LogP contribution in [0.2, 0.25) is 0 Å². The van der Waals surface area contributed by atoms with E-state index in [1.165, 1.54) is 0 Å². The molecule has 1 aromatic carbocycles. The third-order valence-electron chi connectivity index (χ3n) is 6.17. The van der Waals surface area contributed by atoms with E-state index in [4.69, 9.17) is 9.47 Å². The molecule has 2 fully saturated rings. The minimum atomic E-state index is -0.466. The Bertz CT molecular complexity index is 796. The van der Waals surface area contributed by atoms with Gasteiger partial charge in [0, 0.05) is 51.5 Å². The average molecular weight is 396 g/mol. The number of aromatic nitrogens is 2. The van der Waals surface area contributed by atoms with E-state index in [0.717, 1.165) is 43.2 Å². The zero-order chi connectivity index (χ0) is 20.1. The number of ether oxygens (including phenoxy) is 2. The Balaban J connectivity index is 1.40. The Labute approximate surface area is 172 Å². The summed E-state index contributed by atoms with van der Waals surface area (Å²) in [6, 6.07) is 10.6. The van der Waals surface area contributed by atoms with Crippen molar-refractivity contribution in [1.82, 2.24) is 14.9 Å². The summed E-state index contributed by atoms with van der Waals surface area (Å²) < 4.78 is 11.5. The SMILES string of the molecule is CCc1cnc(OC2CCN(C(=O)C3(c4ccccc4)CCOCC3)CC2)nc1. The predicted octanol–water partition coefficient (Wildman–Crippen LogP) is 3.16. The molecule has 0 radical (unpaired) electrons. The van der Waals surface area contributed by atoms with E-state index in [9.17, 15) is 4.79 Å². The second-order valence-corrected chi connectivity index (χ2v) is 7.90. The normalized spacial score (nSPS) is 19.7. The molecular formula is C23H29N3O3. The van der Waals surface area contributed by atoms with Crippen LogP contribution in [-0.2, 0) is 21.4 Å². The first kappa shape index (κ1) is 19.8. The van der Waals surface area contributed by atoms with Crippen LogP contribution in [0.1, 0.15) is 43.7 Å². The van der Waals surface area contributed by atoms with Crippen LogP contribution in [0, 0.1) is 0 Å². The summed E-state index contributed by atoms with van der Waals surface area (Å²) in [4.78, 5) is 24.2. The van der Waals surface area contributed by atoms with Crippen molar-refractivity contribution in [2.24, 2.45) is 0 Å². The lowest BCUT2D eigenvalue weighted by Gasteiger charge is -2.42. The zero-order valence-electron chi connectivity index (χ0n) is 17.0. The maximum Gasteiger partial charge on any atom is 0.316 e. The zero-order valence-corrected chi connectivity index (χ0v) is 17.0. The van der Waals surface area contributed by atoms with Gasteiger partial charge in [0.25, 0.3) is 0 Å². The Morgan fingerprint density at radius 1 is 1.14 bits per heavy atom. The molecule has 6 heteroatoms. The van der Waals surface area contributed by atoms with Gasteiger partial charge in [0.2, 0.25) is 5.91 Å². The molecule has 154 valence electrons. The van der Waals surface area contributed by atoms with Crippen molar-refractivity contribution < 1.29 is 14.3 Å². The van der Waals surface area contributed by atoms with Gasteiger partial charge in [0.15, 0.2) is 0 Å². The van der Waals surface area contributed by atoms with E-state index < -0.39 is 5.41 Å². The van der Waals surface area contributed by atoms with E-state index in [-0.39, 0.29) is 12.0 Å². The van der Waals surface area contributed by atoms with Crippen LogP contribution in [0.4, 0.5) is 0 Å². The summed E-state index contributed by atoms with van der Waals surface area (Å²) >= 11 is 0. The van der Waals surface area contributed by atoms with E-state index in [2.05, 4.69) is 29.0 Å². The Kier molecular flexibility index (Phi) is 6.09. The number of carbonyl (C=O) groups is 1. The van der Waals surface area contributed by atoms with Gasteiger partial charge in [-0.05, 0) is 30.4 Å². The summed E-state index contributed by atoms with van der Waals surface area (Å²) in [5.74, 6) is 0.231. The number of likely N-dealkylation sites (tertiary alicyclic amines) is 1. The molecule has 2 saturated heterocycles. The Morgan fingerprint density at radius 3 is 2.41 bits per heavy atom. The van der Waals surface area contributed by atoms with E-state index >= 15 is 0 Å². The number of piperidine rings is 1. The van der Waals surface area contributed by atoms with Gasteiger partial charge in [-0.2, -0.15) is 0 Å². The molecule has 6 nitrogen and oxygen atoms in total. The van der Waals surface area contributed by atoms with Gasteiger partial charge in [-0.3, -0.25) is 4.79 Å². The maximum atomic E-state index is 13.6. The second kappa shape index (κ2) is 8.91. The van der Waals surface area contributed by atoms with Gasteiger partial charge in [-0.1, -0.05) is 37.3 Å². The van der Waals surface area contributed by atoms with Gasteiger partial charge in [0.05, 0.1) is 5.41 Å². The van der Waals surface area contributed by atoms with Crippen LogP contribution in [-0.4, -0.2) is 53.2 Å². The molecule has 0 N–H and O–H groups in total. The number of amides is 1. The molecule has 2 aliphatic rings. The van der Waals surface area contributed by atoms with Gasteiger partial charge >= 0.3 is 6.01 Å². The molecule has 0 unspecified atom stereocenters. The maximum absolute atomic E-state index is 13.6. The molecule has 0 atom stereocenters. The highest BCUT2D eigenvalue weighted by atomic mass is 16.5. The number of hydrogen-bond donors (Lipinski definition) is 0. The van der Waals surface area contributed by atoms with Crippen LogP contribution in [0.5, 0.6) is 6.01 Å². The van der Waals surface area contributed by atoms with Crippen LogP contribution in [0.3, 0.4) is 0 Å². The molecule has 0 bridgehead atoms. The van der Waals surface area contributed by atoms with E-state index in [1.54, 1.807) is 0 Å². The van der Waals surface area contributed by atoms with Crippen LogP contribution in [0.25, 0.3) is 0 Å². The highest BCUT2D eigenvalue weighted by molar-refractivity contribution is 5.88. The number of carbonyl (C=O) groups excluding carboxylic acids is 1. The lowest BCUT2D eigenvalue weighted by Crippen LogP contribution is -2.53. The van der Waals surface area contributed by atoms with Crippen LogP contribution in [0.15, 0.2) is 42.7 Å². The summed E-state index contributed by atoms with van der Waals surface area (Å²) in [7, 11) is 0. The van der Waals surface area contributed by atoms with Crippen molar-refractivity contribution in [3.8, 4) is 6.01 Å². The minimum Gasteiger partial charge on any atom is -0.460 e. The topological polar surface area (TPSA) is 64.5 Å². The molecule has 0 saturated carbocycles. The minimum absolute atomic E-state index is 0.0499. The van der Waals surface area contributed by atoms with Gasteiger partial charge in [-0.25, -0.2) is 9.97 Å². The molecule has 3 heterocycles. The Hall–Kier alpha value is -2.47. The highest BCUT2D eigenvalue weighted by Crippen LogP contribution is 2.37. The number of aryl methyl sites for hydroxylation is 1. The van der Waals surface area contributed by atoms with Crippen molar-refractivity contribution in [3.63, 3.8) is 0 Å². The van der Waals surface area contributed by atoms with Crippen molar-refractivity contribution in [1.29, 1.82) is 0 Å². The summed E-state index contributed by atoms with van der Waals surface area (Å²) in [6.45, 7) is 4.74. The third-order valence-corrected chi connectivity index (χ3v) is 6.17. The smallest absolute Gasteiger partial charge is 0.316 e. The molecule has 1 aromatic heterocycles. The lowest BCUT2D eigenvalue weighted by atomic mass is 9.72. The fourth-order valence-corrected chi connectivity index (χ4v) is 4.32. The molecule has 2 aromatic rings. The molecule has 1 amide bonds. The first-order valence-corrected chi connectivity index (χ1v) is 10.6. The summed E-state index contributed by atoms with van der Waals surface area (Å²) in [6.07, 6.45) is 7.67. The molecular weight excluding hydrogens is 366 g/mol. The van der Waals surface area contributed by atoms with Crippen molar-refractivity contribution in [2.75, 3.05) is 26.3 Å². The highest BCUT2D eigenvalue weighted by Gasteiger charge is 2.44. The van der Waals surface area contributed by atoms with Gasteiger partial charge in [0.1, 0.15) is 6.10 Å². The standard InChI is InChI=1S/C23H29N3O3/c1-2-18-16-24-22(25-17-18)29-20-8-12-26(13-9-20)21(27)23(10-14-28-15-11-23)19-6-4-3-5-7-19/h3-7,16-17,20H,2,8-15H2,1H3. The molecule has 0 spiro atoms. The Morgan fingerprint density at radius 2 is 1.79 bits per heavy atom. The third kappa shape index (κ3) is 4.27. The average Bonchev–Trinajstić information content (AvgIpc) is 2.81. The predicted molar refractivity (Wildman–Crippen MR) is 110 cm³/mol. The monoisotopic (exact) mass is 395 g/mol. The summed E-state index contributed by atoms with van der Waals surface area (Å²) in [5.41, 5.74) is 1.74. The number of benzene rings is 1. The number of rotatable bonds is 5. The molecule has 4 rings (SSSR count). The molecule has 0 aliphatic carbocycles. The van der Waals surface area contributed by atoms with E-state index in [1.807, 2.05) is 35.5 Å². The van der Waals surface area contributed by atoms with E-state index in [0.29, 0.717) is 32.3 Å². The fourth-order valence-electron chi connectivity index (χ4n) is 4.32. The van der Waals surface area contributed by atoms with Crippen LogP contribution >= 0.6 is 0 Å². The van der Waals surface area contributed by atoms with Crippen LogP contribution < -0.4 is 4.74 Å². The molecule has 2 aliphatic heterocycles. The first-order valence-electron chi connectivity index (χ1n) is 10.6. The fraction of sp³-hybridized carbons (Fsp3) is 0.522. The number of hydrogen-bond acceptors (Lipinski definition) is 5. The quantitative estimate of drug-likeness (QED) is 0.778. The second-order valence-electron chi connectivity index (χ2n) is 7.90. The first-order chi connectivity index (χ1) is 14.2.